The summed E-state index contributed by atoms with van der Waals surface area (Å²) in [6.45, 7) is 8.21. The number of esters is 1. The van der Waals surface area contributed by atoms with E-state index in [4.69, 9.17) is 4.74 Å². The van der Waals surface area contributed by atoms with Gasteiger partial charge in [0, 0.05) is 29.3 Å². The molecular weight excluding hydrogens is 386 g/mol. The number of ether oxygens (including phenoxy) is 1. The Labute approximate surface area is 184 Å². The molecule has 31 heavy (non-hydrogen) atoms. The van der Waals surface area contributed by atoms with Crippen LogP contribution in [0, 0.1) is 5.41 Å². The maximum Gasteiger partial charge on any atom is 0.336 e. The Morgan fingerprint density at radius 2 is 1.68 bits per heavy atom. The third-order valence-electron chi connectivity index (χ3n) is 6.09. The largest absolute Gasteiger partial charge is 0.463 e. The van der Waals surface area contributed by atoms with E-state index < -0.39 is 5.92 Å². The molecule has 0 spiro atoms. The molecule has 2 aliphatic rings. The summed E-state index contributed by atoms with van der Waals surface area (Å²) >= 11 is 0. The van der Waals surface area contributed by atoms with Crippen molar-refractivity contribution in [2.24, 2.45) is 5.41 Å². The second kappa shape index (κ2) is 8.18. The highest BCUT2D eigenvalue weighted by Crippen LogP contribution is 2.47. The fourth-order valence-corrected chi connectivity index (χ4v) is 4.75. The van der Waals surface area contributed by atoms with Crippen LogP contribution in [0.15, 0.2) is 77.1 Å². The molecule has 0 saturated heterocycles. The Morgan fingerprint density at radius 3 is 2.32 bits per heavy atom. The topological polar surface area (TPSA) is 55.4 Å². The van der Waals surface area contributed by atoms with Crippen LogP contribution < -0.4 is 5.32 Å². The molecule has 0 aromatic heterocycles. The van der Waals surface area contributed by atoms with E-state index in [1.165, 1.54) is 0 Å². The highest BCUT2D eigenvalue weighted by Gasteiger charge is 2.43. The Morgan fingerprint density at radius 1 is 1.03 bits per heavy atom. The van der Waals surface area contributed by atoms with Gasteiger partial charge in [0.2, 0.25) is 0 Å². The first-order valence-corrected chi connectivity index (χ1v) is 10.9. The average molecular weight is 416 g/mol. The minimum Gasteiger partial charge on any atom is -0.463 e. The van der Waals surface area contributed by atoms with Crippen molar-refractivity contribution < 1.29 is 14.3 Å². The smallest absolute Gasteiger partial charge is 0.336 e. The maximum absolute atomic E-state index is 13.3. The van der Waals surface area contributed by atoms with Crippen LogP contribution in [0.5, 0.6) is 0 Å². The van der Waals surface area contributed by atoms with Crippen LogP contribution in [0.1, 0.15) is 52.0 Å². The van der Waals surface area contributed by atoms with E-state index in [0.717, 1.165) is 34.5 Å². The number of hydrogen-bond acceptors (Lipinski definition) is 4. The van der Waals surface area contributed by atoms with E-state index >= 15 is 0 Å². The van der Waals surface area contributed by atoms with Crippen LogP contribution in [0.25, 0.3) is 11.1 Å². The van der Waals surface area contributed by atoms with Crippen molar-refractivity contribution in [3.05, 3.63) is 82.7 Å². The predicted octanol–water partition coefficient (Wildman–Crippen LogP) is 5.52. The number of carbonyl (C=O) groups excluding carboxylic acids is 2. The fourth-order valence-electron chi connectivity index (χ4n) is 4.75. The summed E-state index contributed by atoms with van der Waals surface area (Å²) in [5.74, 6) is -0.678. The van der Waals surface area contributed by atoms with Crippen molar-refractivity contribution in [1.29, 1.82) is 0 Å². The molecule has 0 radical (unpaired) electrons. The number of hydrogen-bond donors (Lipinski definition) is 1. The molecule has 0 bridgehead atoms. The first-order chi connectivity index (χ1) is 14.8. The van der Waals surface area contributed by atoms with Gasteiger partial charge in [0.05, 0.1) is 12.2 Å². The molecule has 0 fully saturated rings. The van der Waals surface area contributed by atoms with Crippen LogP contribution in [0.4, 0.5) is 0 Å². The number of ketones is 1. The normalized spacial score (nSPS) is 20.3. The lowest BCUT2D eigenvalue weighted by molar-refractivity contribution is -0.138. The number of dihydropyridines is 1. The number of rotatable bonds is 4. The van der Waals surface area contributed by atoms with E-state index in [-0.39, 0.29) is 17.2 Å². The maximum atomic E-state index is 13.3. The lowest BCUT2D eigenvalue weighted by atomic mass is 9.68. The molecule has 4 heteroatoms. The molecule has 1 heterocycles. The lowest BCUT2D eigenvalue weighted by Crippen LogP contribution is -2.38. The number of Topliss-reactive ketones (excluding diaryl/α,β-unsaturated/α-hetero) is 1. The van der Waals surface area contributed by atoms with Gasteiger partial charge in [-0.1, -0.05) is 68.4 Å². The number of carbonyl (C=O) groups is 2. The van der Waals surface area contributed by atoms with Gasteiger partial charge in [0.25, 0.3) is 0 Å². The molecule has 1 N–H and O–H groups in total. The Kier molecular flexibility index (Phi) is 5.57. The van der Waals surface area contributed by atoms with Gasteiger partial charge in [-0.25, -0.2) is 4.79 Å². The first kappa shape index (κ1) is 21.1. The van der Waals surface area contributed by atoms with Gasteiger partial charge in [0.15, 0.2) is 5.78 Å². The molecule has 1 aliphatic heterocycles. The van der Waals surface area contributed by atoms with Gasteiger partial charge in [-0.05, 0) is 42.4 Å². The standard InChI is InChI=1S/C27H29NO3/c1-5-31-26(30)23-17(2)28-21-15-27(3,4)16-22(29)25(21)24(23)20-13-11-19(12-14-20)18-9-7-6-8-10-18/h6-14,24,28H,5,15-16H2,1-4H3/t24-/m0/s1. The van der Waals surface area contributed by atoms with Crippen LogP contribution in [0.2, 0.25) is 0 Å². The summed E-state index contributed by atoms with van der Waals surface area (Å²) < 4.78 is 5.38. The Balaban J connectivity index is 1.81. The third-order valence-corrected chi connectivity index (χ3v) is 6.09. The monoisotopic (exact) mass is 415 g/mol. The van der Waals surface area contributed by atoms with Crippen LogP contribution in [-0.4, -0.2) is 18.4 Å². The summed E-state index contributed by atoms with van der Waals surface area (Å²) in [7, 11) is 0. The SMILES string of the molecule is CCOC(=O)C1=C(C)NC2=C(C(=O)CC(C)(C)C2)[C@H]1c1ccc(-c2ccccc2)cc1. The molecule has 0 saturated carbocycles. The average Bonchev–Trinajstić information content (AvgIpc) is 2.72. The third kappa shape index (κ3) is 4.07. The fraction of sp³-hybridized carbons (Fsp3) is 0.333. The van der Waals surface area contributed by atoms with Crippen molar-refractivity contribution in [1.82, 2.24) is 5.32 Å². The minimum atomic E-state index is -0.413. The number of benzene rings is 2. The van der Waals surface area contributed by atoms with Crippen molar-refractivity contribution in [3.8, 4) is 11.1 Å². The van der Waals surface area contributed by atoms with Crippen molar-refractivity contribution in [2.45, 2.75) is 46.5 Å². The molecule has 4 rings (SSSR count). The second-order valence-corrected chi connectivity index (χ2v) is 9.14. The number of allylic oxidation sites excluding steroid dienone is 3. The van der Waals surface area contributed by atoms with Crippen molar-refractivity contribution in [2.75, 3.05) is 6.61 Å². The van der Waals surface area contributed by atoms with E-state index in [1.807, 2.05) is 37.3 Å². The van der Waals surface area contributed by atoms with Crippen LogP contribution in [-0.2, 0) is 14.3 Å². The summed E-state index contributed by atoms with van der Waals surface area (Å²) in [6, 6.07) is 18.3. The molecule has 0 amide bonds. The van der Waals surface area contributed by atoms with Crippen molar-refractivity contribution >= 4 is 11.8 Å². The van der Waals surface area contributed by atoms with Gasteiger partial charge < -0.3 is 10.1 Å². The van der Waals surface area contributed by atoms with E-state index in [0.29, 0.717) is 24.2 Å². The van der Waals surface area contributed by atoms with Crippen molar-refractivity contribution in [3.63, 3.8) is 0 Å². The molecule has 1 atom stereocenters. The summed E-state index contributed by atoms with van der Waals surface area (Å²) in [5.41, 5.74) is 6.00. The van der Waals surface area contributed by atoms with Gasteiger partial charge >= 0.3 is 5.97 Å². The van der Waals surface area contributed by atoms with Gasteiger partial charge in [-0.15, -0.1) is 0 Å². The zero-order chi connectivity index (χ0) is 22.2. The highest BCUT2D eigenvalue weighted by molar-refractivity contribution is 6.04. The summed E-state index contributed by atoms with van der Waals surface area (Å²) in [5, 5.41) is 3.37. The van der Waals surface area contributed by atoms with Crippen LogP contribution >= 0.6 is 0 Å². The second-order valence-electron chi connectivity index (χ2n) is 9.14. The molecule has 160 valence electrons. The van der Waals surface area contributed by atoms with Gasteiger partial charge in [0.1, 0.15) is 0 Å². The first-order valence-electron chi connectivity index (χ1n) is 10.9. The van der Waals surface area contributed by atoms with E-state index in [1.54, 1.807) is 6.92 Å². The summed E-state index contributed by atoms with van der Waals surface area (Å²) in [6.07, 6.45) is 1.25. The lowest BCUT2D eigenvalue weighted by Gasteiger charge is -2.39. The zero-order valence-electron chi connectivity index (χ0n) is 18.6. The zero-order valence-corrected chi connectivity index (χ0v) is 18.6. The van der Waals surface area contributed by atoms with Gasteiger partial charge in [-0.2, -0.15) is 0 Å². The van der Waals surface area contributed by atoms with Gasteiger partial charge in [-0.3, -0.25) is 4.79 Å². The molecular formula is C27H29NO3. The Hall–Kier alpha value is -3.14. The molecule has 2 aromatic carbocycles. The molecule has 1 aliphatic carbocycles. The Bertz CT molecular complexity index is 1080. The molecule has 4 nitrogen and oxygen atoms in total. The molecule has 0 unspecified atom stereocenters. The summed E-state index contributed by atoms with van der Waals surface area (Å²) in [4.78, 5) is 26.2. The van der Waals surface area contributed by atoms with E-state index in [9.17, 15) is 9.59 Å². The van der Waals surface area contributed by atoms with E-state index in [2.05, 4.69) is 43.4 Å². The van der Waals surface area contributed by atoms with Crippen LogP contribution in [0.3, 0.4) is 0 Å². The predicted molar refractivity (Wildman–Crippen MR) is 122 cm³/mol. The molecule has 2 aromatic rings. The minimum absolute atomic E-state index is 0.102. The highest BCUT2D eigenvalue weighted by atomic mass is 16.5. The quantitative estimate of drug-likeness (QED) is 0.668. The number of nitrogens with one attached hydrogen (secondary N) is 1.